The van der Waals surface area contributed by atoms with Crippen LogP contribution in [0.3, 0.4) is 0 Å². The van der Waals surface area contributed by atoms with Gasteiger partial charge in [-0.15, -0.1) is 0 Å². The van der Waals surface area contributed by atoms with Crippen LogP contribution in [0.15, 0.2) is 22.7 Å². The predicted molar refractivity (Wildman–Crippen MR) is 57.7 cm³/mol. The molecule has 3 nitrogen and oxygen atoms in total. The van der Waals surface area contributed by atoms with Gasteiger partial charge < -0.3 is 9.64 Å². The molecule has 4 heteroatoms. The van der Waals surface area contributed by atoms with Gasteiger partial charge in [-0.1, -0.05) is 15.9 Å². The third-order valence-electron chi connectivity index (χ3n) is 2.18. The lowest BCUT2D eigenvalue weighted by Gasteiger charge is -2.28. The molecule has 1 heterocycles. The van der Waals surface area contributed by atoms with E-state index >= 15 is 0 Å². The number of likely N-dealkylation sites (N-methyl/N-ethyl adjacent to an activating group) is 1. The molecule has 0 unspecified atom stereocenters. The fraction of sp³-hybridized carbons (Fsp3) is 0.300. The second-order valence-electron chi connectivity index (χ2n) is 3.04. The van der Waals surface area contributed by atoms with E-state index in [0.717, 1.165) is 15.9 Å². The molecule has 0 saturated carbocycles. The van der Waals surface area contributed by atoms with Gasteiger partial charge in [0.1, 0.15) is 5.75 Å². The number of carbonyl (C=O) groups is 1. The minimum atomic E-state index is 0.0121. The first-order valence-corrected chi connectivity index (χ1v) is 5.24. The number of benzene rings is 1. The molecular formula is C10H10BrNO2. The van der Waals surface area contributed by atoms with Crippen molar-refractivity contribution in [3.05, 3.63) is 22.7 Å². The number of carbonyl (C=O) groups excluding carboxylic acids is 1. The quantitative estimate of drug-likeness (QED) is 0.770. The van der Waals surface area contributed by atoms with E-state index in [1.54, 1.807) is 4.90 Å². The summed E-state index contributed by atoms with van der Waals surface area (Å²) in [6, 6.07) is 5.67. The summed E-state index contributed by atoms with van der Waals surface area (Å²) in [7, 11) is 0. The van der Waals surface area contributed by atoms with E-state index in [-0.39, 0.29) is 12.5 Å². The summed E-state index contributed by atoms with van der Waals surface area (Å²) in [5.41, 5.74) is 0.845. The third-order valence-corrected chi connectivity index (χ3v) is 2.67. The number of anilines is 1. The van der Waals surface area contributed by atoms with Gasteiger partial charge in [-0.2, -0.15) is 0 Å². The minimum absolute atomic E-state index is 0.0121. The van der Waals surface area contributed by atoms with Crippen molar-refractivity contribution in [2.75, 3.05) is 18.1 Å². The normalized spacial score (nSPS) is 15.0. The molecule has 0 bridgehead atoms. The SMILES string of the molecule is CCN1C(=O)COc2ccc(Br)cc21. The second kappa shape index (κ2) is 3.61. The molecular weight excluding hydrogens is 246 g/mol. The molecule has 2 rings (SSSR count). The lowest BCUT2D eigenvalue weighted by molar-refractivity contribution is -0.121. The van der Waals surface area contributed by atoms with Crippen molar-refractivity contribution >= 4 is 27.5 Å². The van der Waals surface area contributed by atoms with E-state index < -0.39 is 0 Å². The second-order valence-corrected chi connectivity index (χ2v) is 3.95. The van der Waals surface area contributed by atoms with E-state index in [1.807, 2.05) is 25.1 Å². The van der Waals surface area contributed by atoms with Crippen LogP contribution in [-0.4, -0.2) is 19.1 Å². The molecule has 1 aromatic rings. The zero-order valence-corrected chi connectivity index (χ0v) is 9.37. The maximum absolute atomic E-state index is 11.5. The average Bonchev–Trinajstić information content (AvgIpc) is 2.17. The third kappa shape index (κ3) is 1.50. The number of rotatable bonds is 1. The van der Waals surface area contributed by atoms with Crippen LogP contribution in [0.5, 0.6) is 5.75 Å². The highest BCUT2D eigenvalue weighted by molar-refractivity contribution is 9.10. The zero-order valence-electron chi connectivity index (χ0n) is 7.79. The van der Waals surface area contributed by atoms with Crippen molar-refractivity contribution in [1.82, 2.24) is 0 Å². The van der Waals surface area contributed by atoms with E-state index in [4.69, 9.17) is 4.74 Å². The number of hydrogen-bond donors (Lipinski definition) is 0. The molecule has 0 radical (unpaired) electrons. The Hall–Kier alpha value is -1.03. The first kappa shape index (κ1) is 9.52. The monoisotopic (exact) mass is 255 g/mol. The Labute approximate surface area is 90.8 Å². The molecule has 1 amide bonds. The molecule has 74 valence electrons. The van der Waals surface area contributed by atoms with Gasteiger partial charge in [-0.25, -0.2) is 0 Å². The van der Waals surface area contributed by atoms with Crippen molar-refractivity contribution in [3.63, 3.8) is 0 Å². The van der Waals surface area contributed by atoms with Crippen LogP contribution in [0.4, 0.5) is 5.69 Å². The Balaban J connectivity index is 2.49. The number of nitrogens with zero attached hydrogens (tertiary/aromatic N) is 1. The van der Waals surface area contributed by atoms with Crippen LogP contribution in [-0.2, 0) is 4.79 Å². The summed E-state index contributed by atoms with van der Waals surface area (Å²) >= 11 is 3.37. The van der Waals surface area contributed by atoms with E-state index in [2.05, 4.69) is 15.9 Å². The number of ether oxygens (including phenoxy) is 1. The van der Waals surface area contributed by atoms with Crippen LogP contribution in [0.2, 0.25) is 0 Å². The average molecular weight is 256 g/mol. The van der Waals surface area contributed by atoms with E-state index in [1.165, 1.54) is 0 Å². The van der Waals surface area contributed by atoms with Crippen LogP contribution < -0.4 is 9.64 Å². The van der Waals surface area contributed by atoms with Gasteiger partial charge in [-0.05, 0) is 25.1 Å². The molecule has 1 aliphatic rings. The minimum Gasteiger partial charge on any atom is -0.482 e. The Morgan fingerprint density at radius 2 is 2.36 bits per heavy atom. The van der Waals surface area contributed by atoms with E-state index in [0.29, 0.717) is 6.54 Å². The largest absolute Gasteiger partial charge is 0.482 e. The molecule has 0 fully saturated rings. The molecule has 0 spiro atoms. The summed E-state index contributed by atoms with van der Waals surface area (Å²) < 4.78 is 6.26. The highest BCUT2D eigenvalue weighted by Gasteiger charge is 2.23. The lowest BCUT2D eigenvalue weighted by atomic mass is 10.2. The topological polar surface area (TPSA) is 29.5 Å². The van der Waals surface area contributed by atoms with Gasteiger partial charge in [0, 0.05) is 11.0 Å². The molecule has 14 heavy (non-hydrogen) atoms. The summed E-state index contributed by atoms with van der Waals surface area (Å²) in [6.07, 6.45) is 0. The highest BCUT2D eigenvalue weighted by Crippen LogP contribution is 2.34. The molecule has 0 aromatic heterocycles. The molecule has 0 saturated heterocycles. The first-order valence-electron chi connectivity index (χ1n) is 4.45. The molecule has 0 atom stereocenters. The first-order chi connectivity index (χ1) is 6.72. The van der Waals surface area contributed by atoms with Gasteiger partial charge >= 0.3 is 0 Å². The van der Waals surface area contributed by atoms with E-state index in [9.17, 15) is 4.79 Å². The van der Waals surface area contributed by atoms with Crippen LogP contribution in [0.1, 0.15) is 6.92 Å². The van der Waals surface area contributed by atoms with Crippen LogP contribution in [0, 0.1) is 0 Å². The van der Waals surface area contributed by atoms with Crippen LogP contribution in [0.25, 0.3) is 0 Å². The summed E-state index contributed by atoms with van der Waals surface area (Å²) in [4.78, 5) is 13.2. The molecule has 0 N–H and O–H groups in total. The molecule has 1 aromatic carbocycles. The standard InChI is InChI=1S/C10H10BrNO2/c1-2-12-8-5-7(11)3-4-9(8)14-6-10(12)13/h3-5H,2,6H2,1H3. The van der Waals surface area contributed by atoms with Crippen LogP contribution >= 0.6 is 15.9 Å². The van der Waals surface area contributed by atoms with Crippen molar-refractivity contribution < 1.29 is 9.53 Å². The summed E-state index contributed by atoms with van der Waals surface area (Å²) in [6.45, 7) is 2.77. The number of hydrogen-bond acceptors (Lipinski definition) is 2. The Morgan fingerprint density at radius 3 is 3.07 bits per heavy atom. The lowest BCUT2D eigenvalue weighted by Crippen LogP contribution is -2.38. The molecule has 1 aliphatic heterocycles. The predicted octanol–water partition coefficient (Wildman–Crippen LogP) is 2.19. The maximum Gasteiger partial charge on any atom is 0.265 e. The summed E-state index contributed by atoms with van der Waals surface area (Å²) in [5.74, 6) is 0.785. The van der Waals surface area contributed by atoms with Crippen molar-refractivity contribution in [1.29, 1.82) is 0 Å². The van der Waals surface area contributed by atoms with Gasteiger partial charge in [0.25, 0.3) is 5.91 Å². The Bertz CT molecular complexity index is 378. The smallest absolute Gasteiger partial charge is 0.265 e. The van der Waals surface area contributed by atoms with Crippen molar-refractivity contribution in [2.24, 2.45) is 0 Å². The number of halogens is 1. The zero-order chi connectivity index (χ0) is 10.1. The highest BCUT2D eigenvalue weighted by atomic mass is 79.9. The Morgan fingerprint density at radius 1 is 1.57 bits per heavy atom. The maximum atomic E-state index is 11.5. The van der Waals surface area contributed by atoms with Crippen molar-refractivity contribution in [2.45, 2.75) is 6.92 Å². The fourth-order valence-electron chi connectivity index (χ4n) is 1.52. The van der Waals surface area contributed by atoms with Gasteiger partial charge in [0.15, 0.2) is 6.61 Å². The van der Waals surface area contributed by atoms with Crippen molar-refractivity contribution in [3.8, 4) is 5.75 Å². The molecule has 0 aliphatic carbocycles. The Kier molecular flexibility index (Phi) is 2.46. The summed E-state index contributed by atoms with van der Waals surface area (Å²) in [5, 5.41) is 0. The number of amides is 1. The van der Waals surface area contributed by atoms with Gasteiger partial charge in [-0.3, -0.25) is 4.79 Å². The van der Waals surface area contributed by atoms with Gasteiger partial charge in [0.2, 0.25) is 0 Å². The fourth-order valence-corrected chi connectivity index (χ4v) is 1.87. The van der Waals surface area contributed by atoms with Gasteiger partial charge in [0.05, 0.1) is 5.69 Å². The number of fused-ring (bicyclic) bond motifs is 1.